The van der Waals surface area contributed by atoms with Crippen molar-refractivity contribution < 1.29 is 19.2 Å². The Morgan fingerprint density at radius 3 is 2.35 bits per heavy atom. The zero-order valence-electron chi connectivity index (χ0n) is 14.5. The van der Waals surface area contributed by atoms with Crippen molar-refractivity contribution >= 4 is 34.9 Å². The number of aryl methyl sites for hydroxylation is 3. The summed E-state index contributed by atoms with van der Waals surface area (Å²) in [5, 5.41) is 13.5. The molecular weight excluding hydrogens is 360 g/mol. The third-order valence-corrected chi connectivity index (χ3v) is 3.99. The summed E-state index contributed by atoms with van der Waals surface area (Å²) in [6, 6.07) is 7.27. The molecule has 1 N–H and O–H groups in total. The smallest absolute Gasteiger partial charge is 0.340 e. The van der Waals surface area contributed by atoms with Crippen LogP contribution in [0.4, 0.5) is 11.4 Å². The van der Waals surface area contributed by atoms with E-state index in [-0.39, 0.29) is 16.3 Å². The van der Waals surface area contributed by atoms with Gasteiger partial charge in [-0.3, -0.25) is 14.9 Å². The molecule has 0 bridgehead atoms. The van der Waals surface area contributed by atoms with Crippen LogP contribution >= 0.6 is 11.6 Å². The molecule has 2 rings (SSSR count). The monoisotopic (exact) mass is 376 g/mol. The number of rotatable bonds is 5. The number of benzene rings is 2. The first kappa shape index (κ1) is 19.4. The molecule has 0 fully saturated rings. The third-order valence-electron chi connectivity index (χ3n) is 3.66. The minimum absolute atomic E-state index is 0.00577. The predicted molar refractivity (Wildman–Crippen MR) is 97.7 cm³/mol. The van der Waals surface area contributed by atoms with Gasteiger partial charge in [0.1, 0.15) is 0 Å². The van der Waals surface area contributed by atoms with Gasteiger partial charge < -0.3 is 10.1 Å². The Balaban J connectivity index is 2.05. The Labute approximate surface area is 155 Å². The molecule has 0 radical (unpaired) electrons. The highest BCUT2D eigenvalue weighted by atomic mass is 35.5. The van der Waals surface area contributed by atoms with Crippen molar-refractivity contribution in [3.8, 4) is 0 Å². The maximum Gasteiger partial charge on any atom is 0.340 e. The number of halogens is 1. The van der Waals surface area contributed by atoms with Crippen LogP contribution in [0.25, 0.3) is 0 Å². The second-order valence-electron chi connectivity index (χ2n) is 5.82. The van der Waals surface area contributed by atoms with Crippen LogP contribution in [0.15, 0.2) is 30.3 Å². The molecule has 7 nitrogen and oxygen atoms in total. The average Bonchev–Trinajstić information content (AvgIpc) is 2.56. The Hall–Kier alpha value is -2.93. The molecule has 8 heteroatoms. The molecule has 0 aliphatic carbocycles. The Morgan fingerprint density at radius 2 is 1.77 bits per heavy atom. The van der Waals surface area contributed by atoms with E-state index in [2.05, 4.69) is 5.32 Å². The first-order chi connectivity index (χ1) is 12.2. The van der Waals surface area contributed by atoms with Gasteiger partial charge in [-0.15, -0.1) is 0 Å². The van der Waals surface area contributed by atoms with Gasteiger partial charge in [-0.2, -0.15) is 0 Å². The summed E-state index contributed by atoms with van der Waals surface area (Å²) in [4.78, 5) is 34.3. The molecule has 2 aromatic carbocycles. The van der Waals surface area contributed by atoms with Crippen molar-refractivity contribution in [1.29, 1.82) is 0 Å². The van der Waals surface area contributed by atoms with E-state index in [1.807, 2.05) is 32.9 Å². The van der Waals surface area contributed by atoms with Gasteiger partial charge >= 0.3 is 5.97 Å². The molecule has 26 heavy (non-hydrogen) atoms. The summed E-state index contributed by atoms with van der Waals surface area (Å²) in [6.07, 6.45) is 0. The Morgan fingerprint density at radius 1 is 1.15 bits per heavy atom. The zero-order valence-corrected chi connectivity index (χ0v) is 15.2. The van der Waals surface area contributed by atoms with Gasteiger partial charge in [-0.05, 0) is 38.0 Å². The van der Waals surface area contributed by atoms with Gasteiger partial charge in [-0.25, -0.2) is 4.79 Å². The van der Waals surface area contributed by atoms with Gasteiger partial charge in [0.2, 0.25) is 0 Å². The average molecular weight is 377 g/mol. The highest BCUT2D eigenvalue weighted by Crippen LogP contribution is 2.23. The largest absolute Gasteiger partial charge is 0.452 e. The fourth-order valence-electron chi connectivity index (χ4n) is 2.54. The maximum atomic E-state index is 12.1. The van der Waals surface area contributed by atoms with Crippen LogP contribution in [0.2, 0.25) is 5.02 Å². The Kier molecular flexibility index (Phi) is 5.94. The normalized spacial score (nSPS) is 10.3. The van der Waals surface area contributed by atoms with Crippen molar-refractivity contribution in [3.63, 3.8) is 0 Å². The van der Waals surface area contributed by atoms with E-state index in [9.17, 15) is 19.7 Å². The van der Waals surface area contributed by atoms with Crippen LogP contribution in [-0.4, -0.2) is 23.4 Å². The number of nitro benzene ring substituents is 1. The quantitative estimate of drug-likeness (QED) is 0.483. The van der Waals surface area contributed by atoms with Crippen LogP contribution < -0.4 is 5.32 Å². The number of amides is 1. The highest BCUT2D eigenvalue weighted by molar-refractivity contribution is 6.33. The minimum Gasteiger partial charge on any atom is -0.452 e. The van der Waals surface area contributed by atoms with Gasteiger partial charge in [0.25, 0.3) is 11.6 Å². The van der Waals surface area contributed by atoms with Crippen LogP contribution in [0.1, 0.15) is 27.0 Å². The molecule has 0 aromatic heterocycles. The number of carbonyl (C=O) groups is 2. The van der Waals surface area contributed by atoms with E-state index in [1.165, 1.54) is 12.1 Å². The SMILES string of the molecule is Cc1cc(C)c(NC(=O)COC(=O)c2cc([N+](=O)[O-])ccc2Cl)c(C)c1. The highest BCUT2D eigenvalue weighted by Gasteiger charge is 2.18. The lowest BCUT2D eigenvalue weighted by Gasteiger charge is -2.13. The lowest BCUT2D eigenvalue weighted by Crippen LogP contribution is -2.22. The summed E-state index contributed by atoms with van der Waals surface area (Å²) >= 11 is 5.87. The summed E-state index contributed by atoms with van der Waals surface area (Å²) in [6.45, 7) is 5.15. The number of nitrogens with zero attached hydrogens (tertiary/aromatic N) is 1. The molecule has 0 atom stereocenters. The lowest BCUT2D eigenvalue weighted by atomic mass is 10.1. The van der Waals surface area contributed by atoms with Crippen molar-refractivity contribution in [3.05, 3.63) is 67.7 Å². The summed E-state index contributed by atoms with van der Waals surface area (Å²) in [5.74, 6) is -1.43. The molecule has 0 heterocycles. The lowest BCUT2D eigenvalue weighted by molar-refractivity contribution is -0.384. The van der Waals surface area contributed by atoms with E-state index >= 15 is 0 Å². The van der Waals surface area contributed by atoms with E-state index in [4.69, 9.17) is 16.3 Å². The molecule has 0 aliphatic rings. The van der Waals surface area contributed by atoms with E-state index < -0.39 is 23.4 Å². The number of nitrogens with one attached hydrogen (secondary N) is 1. The summed E-state index contributed by atoms with van der Waals surface area (Å²) in [7, 11) is 0. The minimum atomic E-state index is -0.911. The molecule has 2 aromatic rings. The number of nitro groups is 1. The molecule has 1 amide bonds. The second-order valence-corrected chi connectivity index (χ2v) is 6.23. The van der Waals surface area contributed by atoms with Crippen LogP contribution in [-0.2, 0) is 9.53 Å². The summed E-state index contributed by atoms with van der Waals surface area (Å²) in [5.41, 5.74) is 3.05. The number of carbonyl (C=O) groups excluding carboxylic acids is 2. The topological polar surface area (TPSA) is 98.5 Å². The standard InChI is InChI=1S/C18H17ClN2O5/c1-10-6-11(2)17(12(3)7-10)20-16(22)9-26-18(23)14-8-13(21(24)25)4-5-15(14)19/h4-8H,9H2,1-3H3,(H,20,22). The molecule has 136 valence electrons. The molecule has 0 saturated heterocycles. The number of anilines is 1. The van der Waals surface area contributed by atoms with Crippen LogP contribution in [0.5, 0.6) is 0 Å². The molecule has 0 aliphatic heterocycles. The van der Waals surface area contributed by atoms with Gasteiger partial charge in [0, 0.05) is 17.8 Å². The zero-order chi connectivity index (χ0) is 19.4. The fraction of sp³-hybridized carbons (Fsp3) is 0.222. The molecule has 0 unspecified atom stereocenters. The van der Waals surface area contributed by atoms with E-state index in [0.717, 1.165) is 22.8 Å². The van der Waals surface area contributed by atoms with Gasteiger partial charge in [-0.1, -0.05) is 29.3 Å². The molecule has 0 spiro atoms. The number of hydrogen-bond acceptors (Lipinski definition) is 5. The Bertz CT molecular complexity index is 872. The van der Waals surface area contributed by atoms with Crippen molar-refractivity contribution in [1.82, 2.24) is 0 Å². The van der Waals surface area contributed by atoms with Crippen LogP contribution in [0.3, 0.4) is 0 Å². The molecular formula is C18H17ClN2O5. The first-order valence-corrected chi connectivity index (χ1v) is 8.05. The number of hydrogen-bond donors (Lipinski definition) is 1. The number of non-ortho nitro benzene ring substituents is 1. The van der Waals surface area contributed by atoms with Crippen molar-refractivity contribution in [2.24, 2.45) is 0 Å². The third kappa shape index (κ3) is 4.58. The van der Waals surface area contributed by atoms with Gasteiger partial charge in [0.05, 0.1) is 15.5 Å². The van der Waals surface area contributed by atoms with Crippen molar-refractivity contribution in [2.75, 3.05) is 11.9 Å². The predicted octanol–water partition coefficient (Wildman–Crippen LogP) is 3.97. The maximum absolute atomic E-state index is 12.1. The van der Waals surface area contributed by atoms with E-state index in [1.54, 1.807) is 0 Å². The first-order valence-electron chi connectivity index (χ1n) is 7.68. The molecule has 0 saturated carbocycles. The summed E-state index contributed by atoms with van der Waals surface area (Å²) < 4.78 is 4.92. The van der Waals surface area contributed by atoms with Crippen molar-refractivity contribution in [2.45, 2.75) is 20.8 Å². The number of ether oxygens (including phenoxy) is 1. The van der Waals surface area contributed by atoms with Crippen LogP contribution in [0, 0.1) is 30.9 Å². The van der Waals surface area contributed by atoms with Gasteiger partial charge in [0.15, 0.2) is 6.61 Å². The fourth-order valence-corrected chi connectivity index (χ4v) is 2.74. The second kappa shape index (κ2) is 7.97. The number of esters is 1. The van der Waals surface area contributed by atoms with E-state index in [0.29, 0.717) is 5.69 Å².